The number of anilines is 1. The SMILES string of the molecule is CCCn1cc(S(=O)(=O)N(C)Cc2cc(C)on2)c(N)n1. The van der Waals surface area contributed by atoms with Crippen molar-refractivity contribution in [2.24, 2.45) is 0 Å². The summed E-state index contributed by atoms with van der Waals surface area (Å²) in [5.41, 5.74) is 6.26. The number of nitrogens with two attached hydrogens (primary N) is 1. The molecular formula is C12H19N5O3S. The van der Waals surface area contributed by atoms with Gasteiger partial charge in [0.1, 0.15) is 10.7 Å². The predicted octanol–water partition coefficient (Wildman–Crippen LogP) is 0.992. The third-order valence-electron chi connectivity index (χ3n) is 2.96. The van der Waals surface area contributed by atoms with Gasteiger partial charge in [-0.15, -0.1) is 0 Å². The van der Waals surface area contributed by atoms with Crippen LogP contribution in [-0.2, 0) is 23.1 Å². The van der Waals surface area contributed by atoms with E-state index in [9.17, 15) is 8.42 Å². The van der Waals surface area contributed by atoms with E-state index in [1.54, 1.807) is 13.0 Å². The molecule has 0 unspecified atom stereocenters. The van der Waals surface area contributed by atoms with Crippen LogP contribution in [0.1, 0.15) is 24.8 Å². The van der Waals surface area contributed by atoms with Crippen molar-refractivity contribution in [3.05, 3.63) is 23.7 Å². The average Bonchev–Trinajstić information content (AvgIpc) is 2.96. The van der Waals surface area contributed by atoms with Crippen molar-refractivity contribution in [1.82, 2.24) is 19.2 Å². The van der Waals surface area contributed by atoms with Crippen LogP contribution in [0, 0.1) is 6.92 Å². The third-order valence-corrected chi connectivity index (χ3v) is 4.78. The van der Waals surface area contributed by atoms with Gasteiger partial charge in [0.05, 0.1) is 12.2 Å². The Balaban J connectivity index is 2.24. The fraction of sp³-hybridized carbons (Fsp3) is 0.500. The van der Waals surface area contributed by atoms with E-state index in [2.05, 4.69) is 10.3 Å². The fourth-order valence-electron chi connectivity index (χ4n) is 1.93. The van der Waals surface area contributed by atoms with Gasteiger partial charge in [0.2, 0.25) is 10.0 Å². The number of hydrogen-bond acceptors (Lipinski definition) is 6. The van der Waals surface area contributed by atoms with E-state index < -0.39 is 10.0 Å². The molecule has 2 rings (SSSR count). The second-order valence-corrected chi connectivity index (χ2v) is 6.84. The number of hydrogen-bond donors (Lipinski definition) is 1. The molecule has 0 aromatic carbocycles. The minimum Gasteiger partial charge on any atom is -0.381 e. The van der Waals surface area contributed by atoms with E-state index in [-0.39, 0.29) is 17.3 Å². The van der Waals surface area contributed by atoms with Crippen LogP contribution in [0.15, 0.2) is 21.7 Å². The Hall–Kier alpha value is -1.87. The number of aromatic nitrogens is 3. The maximum Gasteiger partial charge on any atom is 0.248 e. The minimum absolute atomic E-state index is 0.00614. The maximum atomic E-state index is 12.5. The molecule has 0 saturated carbocycles. The summed E-state index contributed by atoms with van der Waals surface area (Å²) in [6, 6.07) is 1.69. The second kappa shape index (κ2) is 5.86. The summed E-state index contributed by atoms with van der Waals surface area (Å²) in [5, 5.41) is 7.80. The predicted molar refractivity (Wildman–Crippen MR) is 76.8 cm³/mol. The fourth-order valence-corrected chi connectivity index (χ4v) is 3.13. The molecule has 0 aliphatic carbocycles. The smallest absolute Gasteiger partial charge is 0.248 e. The lowest BCUT2D eigenvalue weighted by molar-refractivity contribution is 0.378. The van der Waals surface area contributed by atoms with Crippen molar-refractivity contribution in [3.63, 3.8) is 0 Å². The Bertz CT molecular complexity index is 719. The van der Waals surface area contributed by atoms with Gasteiger partial charge in [-0.2, -0.15) is 9.40 Å². The number of sulfonamides is 1. The molecule has 0 saturated heterocycles. The molecule has 2 N–H and O–H groups in total. The van der Waals surface area contributed by atoms with Gasteiger partial charge >= 0.3 is 0 Å². The molecule has 8 nitrogen and oxygen atoms in total. The first-order chi connectivity index (χ1) is 9.84. The van der Waals surface area contributed by atoms with Gasteiger partial charge in [-0.3, -0.25) is 4.68 Å². The molecule has 0 atom stereocenters. The van der Waals surface area contributed by atoms with E-state index >= 15 is 0 Å². The van der Waals surface area contributed by atoms with Crippen LogP contribution < -0.4 is 5.73 Å². The molecule has 0 fully saturated rings. The van der Waals surface area contributed by atoms with E-state index in [1.807, 2.05) is 6.92 Å². The highest BCUT2D eigenvalue weighted by Crippen LogP contribution is 2.21. The zero-order valence-corrected chi connectivity index (χ0v) is 13.1. The number of rotatable bonds is 6. The lowest BCUT2D eigenvalue weighted by atomic mass is 10.4. The normalized spacial score (nSPS) is 12.2. The Labute approximate surface area is 123 Å². The highest BCUT2D eigenvalue weighted by molar-refractivity contribution is 7.89. The average molecular weight is 313 g/mol. The third kappa shape index (κ3) is 3.24. The summed E-state index contributed by atoms with van der Waals surface area (Å²) in [6.45, 7) is 4.45. The van der Waals surface area contributed by atoms with Gasteiger partial charge in [0, 0.05) is 25.9 Å². The standard InChI is InChI=1S/C12H19N5O3S/c1-4-5-17-8-11(12(13)14-17)21(18,19)16(3)7-10-6-9(2)20-15-10/h6,8H,4-5,7H2,1-3H3,(H2,13,14). The minimum atomic E-state index is -3.71. The zero-order chi connectivity index (χ0) is 15.6. The lowest BCUT2D eigenvalue weighted by Gasteiger charge is -2.14. The van der Waals surface area contributed by atoms with Gasteiger partial charge in [-0.1, -0.05) is 12.1 Å². The van der Waals surface area contributed by atoms with Crippen molar-refractivity contribution in [2.45, 2.75) is 38.3 Å². The molecule has 2 aromatic rings. The zero-order valence-electron chi connectivity index (χ0n) is 12.3. The molecule has 9 heteroatoms. The van der Waals surface area contributed by atoms with Crippen molar-refractivity contribution in [3.8, 4) is 0 Å². The first-order valence-electron chi connectivity index (χ1n) is 6.56. The molecule has 116 valence electrons. The van der Waals surface area contributed by atoms with Gasteiger partial charge in [-0.25, -0.2) is 8.42 Å². The molecule has 0 spiro atoms. The first kappa shape index (κ1) is 15.5. The summed E-state index contributed by atoms with van der Waals surface area (Å²) in [7, 11) is -2.24. The van der Waals surface area contributed by atoms with Crippen LogP contribution in [0.4, 0.5) is 5.82 Å². The Morgan fingerprint density at radius 2 is 2.19 bits per heavy atom. The van der Waals surface area contributed by atoms with Crippen molar-refractivity contribution in [2.75, 3.05) is 12.8 Å². The molecule has 2 heterocycles. The quantitative estimate of drug-likeness (QED) is 0.852. The van der Waals surface area contributed by atoms with Gasteiger partial charge in [-0.05, 0) is 13.3 Å². The molecule has 0 amide bonds. The van der Waals surface area contributed by atoms with Crippen LogP contribution >= 0.6 is 0 Å². The van der Waals surface area contributed by atoms with Crippen molar-refractivity contribution in [1.29, 1.82) is 0 Å². The Kier molecular flexibility index (Phi) is 4.33. The van der Waals surface area contributed by atoms with Gasteiger partial charge in [0.15, 0.2) is 5.82 Å². The molecule has 0 radical (unpaired) electrons. The second-order valence-electron chi connectivity index (χ2n) is 4.83. The van der Waals surface area contributed by atoms with E-state index in [1.165, 1.54) is 22.2 Å². The maximum absolute atomic E-state index is 12.5. The van der Waals surface area contributed by atoms with E-state index in [0.717, 1.165) is 6.42 Å². The van der Waals surface area contributed by atoms with Crippen LogP contribution in [-0.4, -0.2) is 34.7 Å². The highest BCUT2D eigenvalue weighted by atomic mass is 32.2. The van der Waals surface area contributed by atoms with Crippen LogP contribution in [0.2, 0.25) is 0 Å². The monoisotopic (exact) mass is 313 g/mol. The summed E-state index contributed by atoms with van der Waals surface area (Å²) in [4.78, 5) is 0.0127. The molecular weight excluding hydrogens is 294 g/mol. The molecule has 0 aliphatic rings. The van der Waals surface area contributed by atoms with Crippen molar-refractivity contribution < 1.29 is 12.9 Å². The molecule has 0 aliphatic heterocycles. The first-order valence-corrected chi connectivity index (χ1v) is 8.00. The molecule has 21 heavy (non-hydrogen) atoms. The largest absolute Gasteiger partial charge is 0.381 e. The number of aryl methyl sites for hydroxylation is 2. The Morgan fingerprint density at radius 1 is 1.48 bits per heavy atom. The summed E-state index contributed by atoms with van der Waals surface area (Å²) >= 11 is 0. The number of nitrogens with zero attached hydrogens (tertiary/aromatic N) is 4. The van der Waals surface area contributed by atoms with Crippen LogP contribution in [0.3, 0.4) is 0 Å². The van der Waals surface area contributed by atoms with Gasteiger partial charge < -0.3 is 10.3 Å². The van der Waals surface area contributed by atoms with E-state index in [4.69, 9.17) is 10.3 Å². The van der Waals surface area contributed by atoms with Crippen LogP contribution in [0.5, 0.6) is 0 Å². The summed E-state index contributed by atoms with van der Waals surface area (Å²) in [6.07, 6.45) is 2.30. The van der Waals surface area contributed by atoms with Crippen LogP contribution in [0.25, 0.3) is 0 Å². The lowest BCUT2D eigenvalue weighted by Crippen LogP contribution is -2.27. The number of nitrogen functional groups attached to an aromatic ring is 1. The molecule has 2 aromatic heterocycles. The van der Waals surface area contributed by atoms with E-state index in [0.29, 0.717) is 18.0 Å². The topological polar surface area (TPSA) is 107 Å². The van der Waals surface area contributed by atoms with Crippen molar-refractivity contribution >= 4 is 15.8 Å². The summed E-state index contributed by atoms with van der Waals surface area (Å²) < 4.78 is 32.7. The Morgan fingerprint density at radius 3 is 2.76 bits per heavy atom. The van der Waals surface area contributed by atoms with Gasteiger partial charge in [0.25, 0.3) is 0 Å². The molecule has 0 bridgehead atoms. The summed E-state index contributed by atoms with van der Waals surface area (Å²) in [5.74, 6) is 0.637. The highest BCUT2D eigenvalue weighted by Gasteiger charge is 2.26.